The highest BCUT2D eigenvalue weighted by Crippen LogP contribution is 2.12. The lowest BCUT2D eigenvalue weighted by molar-refractivity contribution is -0.143. The Hall–Kier alpha value is -3.02. The maximum atomic E-state index is 12.0. The van der Waals surface area contributed by atoms with Gasteiger partial charge in [0.05, 0.1) is 14.2 Å². The van der Waals surface area contributed by atoms with Crippen LogP contribution in [0.4, 0.5) is 4.79 Å². The molecule has 1 atom stereocenters. The summed E-state index contributed by atoms with van der Waals surface area (Å²) >= 11 is 0. The van der Waals surface area contributed by atoms with E-state index in [1.54, 1.807) is 31.4 Å². The van der Waals surface area contributed by atoms with E-state index in [9.17, 15) is 9.59 Å². The predicted molar refractivity (Wildman–Crippen MR) is 92.3 cm³/mol. The number of nitrogens with one attached hydrogen (secondary N) is 1. The van der Waals surface area contributed by atoms with Gasteiger partial charge < -0.3 is 19.5 Å². The molecule has 2 rings (SSSR count). The smallest absolute Gasteiger partial charge is 0.408 e. The van der Waals surface area contributed by atoms with Gasteiger partial charge in [0, 0.05) is 6.42 Å². The second-order valence-corrected chi connectivity index (χ2v) is 5.33. The van der Waals surface area contributed by atoms with Crippen LogP contribution in [0, 0.1) is 0 Å². The molecule has 2 aromatic carbocycles. The van der Waals surface area contributed by atoms with Gasteiger partial charge in [-0.1, -0.05) is 42.5 Å². The van der Waals surface area contributed by atoms with E-state index in [1.165, 1.54) is 7.11 Å². The van der Waals surface area contributed by atoms with Crippen molar-refractivity contribution in [3.63, 3.8) is 0 Å². The fourth-order valence-electron chi connectivity index (χ4n) is 2.24. The van der Waals surface area contributed by atoms with Gasteiger partial charge in [-0.25, -0.2) is 9.59 Å². The van der Waals surface area contributed by atoms with Crippen LogP contribution in [0.3, 0.4) is 0 Å². The normalized spacial score (nSPS) is 11.3. The van der Waals surface area contributed by atoms with Gasteiger partial charge in [0.1, 0.15) is 18.4 Å². The topological polar surface area (TPSA) is 73.9 Å². The Morgan fingerprint density at radius 2 is 1.64 bits per heavy atom. The Bertz CT molecular complexity index is 685. The van der Waals surface area contributed by atoms with Crippen LogP contribution in [0.15, 0.2) is 54.6 Å². The number of hydrogen-bond acceptors (Lipinski definition) is 5. The molecule has 0 spiro atoms. The zero-order chi connectivity index (χ0) is 18.1. The zero-order valence-corrected chi connectivity index (χ0v) is 14.2. The predicted octanol–water partition coefficient (Wildman–Crippen LogP) is 2.71. The SMILES string of the molecule is COC(=O)[C@H](Cc1ccccc1)NC(=O)OCc1ccc(OC)cc1. The van der Waals surface area contributed by atoms with Crippen LogP contribution in [-0.4, -0.2) is 32.3 Å². The van der Waals surface area contributed by atoms with Crippen LogP contribution in [0.25, 0.3) is 0 Å². The number of carbonyl (C=O) groups is 2. The van der Waals surface area contributed by atoms with E-state index in [0.717, 1.165) is 16.9 Å². The van der Waals surface area contributed by atoms with Gasteiger partial charge in [0.25, 0.3) is 0 Å². The Labute approximate surface area is 146 Å². The van der Waals surface area contributed by atoms with Gasteiger partial charge in [-0.15, -0.1) is 0 Å². The van der Waals surface area contributed by atoms with Crippen LogP contribution in [0.2, 0.25) is 0 Å². The number of carbonyl (C=O) groups excluding carboxylic acids is 2. The van der Waals surface area contributed by atoms with Crippen LogP contribution >= 0.6 is 0 Å². The molecule has 0 saturated carbocycles. The zero-order valence-electron chi connectivity index (χ0n) is 14.2. The molecule has 0 aliphatic heterocycles. The average Bonchev–Trinajstić information content (AvgIpc) is 2.66. The van der Waals surface area contributed by atoms with E-state index in [1.807, 2.05) is 30.3 Å². The molecule has 0 saturated heterocycles. The molecule has 6 heteroatoms. The van der Waals surface area contributed by atoms with Crippen molar-refractivity contribution < 1.29 is 23.8 Å². The lowest BCUT2D eigenvalue weighted by Gasteiger charge is -2.16. The summed E-state index contributed by atoms with van der Waals surface area (Å²) in [5.74, 6) is 0.201. The maximum Gasteiger partial charge on any atom is 0.408 e. The first-order valence-corrected chi connectivity index (χ1v) is 7.80. The lowest BCUT2D eigenvalue weighted by Crippen LogP contribution is -2.43. The summed E-state index contributed by atoms with van der Waals surface area (Å²) in [5.41, 5.74) is 1.72. The molecule has 1 N–H and O–H groups in total. The number of ether oxygens (including phenoxy) is 3. The highest BCUT2D eigenvalue weighted by molar-refractivity contribution is 5.81. The summed E-state index contributed by atoms with van der Waals surface area (Å²) in [7, 11) is 2.86. The van der Waals surface area contributed by atoms with E-state index in [-0.39, 0.29) is 6.61 Å². The van der Waals surface area contributed by atoms with Crippen molar-refractivity contribution in [1.82, 2.24) is 5.32 Å². The second-order valence-electron chi connectivity index (χ2n) is 5.33. The summed E-state index contributed by atoms with van der Waals surface area (Å²) < 4.78 is 15.0. The molecular weight excluding hydrogens is 322 g/mol. The van der Waals surface area contributed by atoms with Gasteiger partial charge in [-0.3, -0.25) is 0 Å². The minimum Gasteiger partial charge on any atom is -0.497 e. The number of rotatable bonds is 7. The van der Waals surface area contributed by atoms with Gasteiger partial charge in [-0.2, -0.15) is 0 Å². The van der Waals surface area contributed by atoms with E-state index in [2.05, 4.69) is 5.32 Å². The number of benzene rings is 2. The van der Waals surface area contributed by atoms with E-state index in [0.29, 0.717) is 6.42 Å². The first-order valence-electron chi connectivity index (χ1n) is 7.80. The Morgan fingerprint density at radius 1 is 0.960 bits per heavy atom. The molecule has 6 nitrogen and oxygen atoms in total. The fourth-order valence-corrected chi connectivity index (χ4v) is 2.24. The molecular formula is C19H21NO5. The minimum absolute atomic E-state index is 0.0923. The molecule has 0 aliphatic carbocycles. The van der Waals surface area contributed by atoms with Crippen molar-refractivity contribution in [2.45, 2.75) is 19.1 Å². The van der Waals surface area contributed by atoms with Gasteiger partial charge in [-0.05, 0) is 23.3 Å². The molecule has 0 bridgehead atoms. The largest absolute Gasteiger partial charge is 0.497 e. The first-order chi connectivity index (χ1) is 12.1. The molecule has 2 aromatic rings. The van der Waals surface area contributed by atoms with Crippen molar-refractivity contribution >= 4 is 12.1 Å². The van der Waals surface area contributed by atoms with E-state index >= 15 is 0 Å². The highest BCUT2D eigenvalue weighted by atomic mass is 16.6. The third-order valence-electron chi connectivity index (χ3n) is 3.59. The van der Waals surface area contributed by atoms with Crippen LogP contribution in [0.1, 0.15) is 11.1 Å². The maximum absolute atomic E-state index is 12.0. The molecule has 0 heterocycles. The average molecular weight is 343 g/mol. The molecule has 132 valence electrons. The van der Waals surface area contributed by atoms with Crippen molar-refractivity contribution in [3.05, 3.63) is 65.7 Å². The Morgan fingerprint density at radius 3 is 2.24 bits per heavy atom. The van der Waals surface area contributed by atoms with Crippen molar-refractivity contribution in [3.8, 4) is 5.75 Å². The highest BCUT2D eigenvalue weighted by Gasteiger charge is 2.22. The molecule has 0 radical (unpaired) electrons. The fraction of sp³-hybridized carbons (Fsp3) is 0.263. The number of hydrogen-bond donors (Lipinski definition) is 1. The molecule has 0 unspecified atom stereocenters. The molecule has 0 fully saturated rings. The third-order valence-corrected chi connectivity index (χ3v) is 3.59. The molecule has 0 aliphatic rings. The summed E-state index contributed by atoms with van der Waals surface area (Å²) in [5, 5.41) is 2.55. The standard InChI is InChI=1S/C19H21NO5/c1-23-16-10-8-15(9-11-16)13-25-19(22)20-17(18(21)24-2)12-14-6-4-3-5-7-14/h3-11,17H,12-13H2,1-2H3,(H,20,22)/t17-/m0/s1. The monoisotopic (exact) mass is 343 g/mol. The Kier molecular flexibility index (Phi) is 6.83. The van der Waals surface area contributed by atoms with Crippen molar-refractivity contribution in [1.29, 1.82) is 0 Å². The van der Waals surface area contributed by atoms with Crippen molar-refractivity contribution in [2.24, 2.45) is 0 Å². The number of alkyl carbamates (subject to hydrolysis) is 1. The summed E-state index contributed by atoms with van der Waals surface area (Å²) in [6, 6.07) is 15.7. The minimum atomic E-state index is -0.809. The molecule has 25 heavy (non-hydrogen) atoms. The number of amides is 1. The van der Waals surface area contributed by atoms with Gasteiger partial charge >= 0.3 is 12.1 Å². The van der Waals surface area contributed by atoms with Crippen LogP contribution in [0.5, 0.6) is 5.75 Å². The van der Waals surface area contributed by atoms with Gasteiger partial charge in [0.15, 0.2) is 0 Å². The van der Waals surface area contributed by atoms with Crippen LogP contribution in [-0.2, 0) is 27.3 Å². The van der Waals surface area contributed by atoms with Crippen molar-refractivity contribution in [2.75, 3.05) is 14.2 Å². The quantitative estimate of drug-likeness (QED) is 0.783. The lowest BCUT2D eigenvalue weighted by atomic mass is 10.1. The van der Waals surface area contributed by atoms with E-state index in [4.69, 9.17) is 14.2 Å². The number of esters is 1. The third kappa shape index (κ3) is 5.84. The molecule has 0 aromatic heterocycles. The van der Waals surface area contributed by atoms with E-state index < -0.39 is 18.1 Å². The van der Waals surface area contributed by atoms with Crippen LogP contribution < -0.4 is 10.1 Å². The molecule has 1 amide bonds. The number of methoxy groups -OCH3 is 2. The second kappa shape index (κ2) is 9.32. The summed E-state index contributed by atoms with van der Waals surface area (Å²) in [6.45, 7) is 0.0923. The first kappa shape index (κ1) is 18.3. The Balaban J connectivity index is 1.90. The summed E-state index contributed by atoms with van der Waals surface area (Å²) in [4.78, 5) is 23.9. The van der Waals surface area contributed by atoms with Gasteiger partial charge in [0.2, 0.25) is 0 Å². The summed E-state index contributed by atoms with van der Waals surface area (Å²) in [6.07, 6.45) is -0.354.